The van der Waals surface area contributed by atoms with Crippen LogP contribution in [0, 0.1) is 5.41 Å². The Kier molecular flexibility index (Phi) is 2.47. The van der Waals surface area contributed by atoms with Crippen LogP contribution in [0.1, 0.15) is 44.3 Å². The van der Waals surface area contributed by atoms with Crippen LogP contribution in [0.4, 0.5) is 0 Å². The molecule has 0 radical (unpaired) electrons. The van der Waals surface area contributed by atoms with E-state index < -0.39 is 0 Å². The average molecular weight is 257 g/mol. The maximum absolute atomic E-state index is 4.40. The maximum atomic E-state index is 4.40. The summed E-state index contributed by atoms with van der Waals surface area (Å²) in [5.74, 6) is 2.11. The van der Waals surface area contributed by atoms with Gasteiger partial charge in [0.2, 0.25) is 0 Å². The largest absolute Gasteiger partial charge is 0.309 e. The first-order chi connectivity index (χ1) is 9.36. The summed E-state index contributed by atoms with van der Waals surface area (Å²) in [6, 6.07) is 1.97. The molecule has 5 heteroatoms. The molecule has 2 aliphatic rings. The number of nitrogens with one attached hydrogen (secondary N) is 1. The molecule has 0 unspecified atom stereocenters. The monoisotopic (exact) mass is 257 g/mol. The van der Waals surface area contributed by atoms with E-state index in [1.807, 2.05) is 6.07 Å². The van der Waals surface area contributed by atoms with Crippen molar-refractivity contribution in [3.8, 4) is 11.5 Å². The van der Waals surface area contributed by atoms with Gasteiger partial charge in [0, 0.05) is 19.2 Å². The first-order valence-corrected chi connectivity index (χ1v) is 7.28. The van der Waals surface area contributed by atoms with Crippen LogP contribution < -0.4 is 0 Å². The van der Waals surface area contributed by atoms with Crippen LogP contribution in [-0.2, 0) is 13.0 Å². The zero-order valence-corrected chi connectivity index (χ0v) is 11.1. The van der Waals surface area contributed by atoms with Gasteiger partial charge in [-0.05, 0) is 24.3 Å². The summed E-state index contributed by atoms with van der Waals surface area (Å²) in [4.78, 5) is 0. The van der Waals surface area contributed by atoms with Crippen LogP contribution in [0.2, 0.25) is 0 Å². The summed E-state index contributed by atoms with van der Waals surface area (Å²) in [6.45, 7) is 1.09. The zero-order valence-electron chi connectivity index (χ0n) is 11.1. The lowest BCUT2D eigenvalue weighted by molar-refractivity contribution is 0.238. The van der Waals surface area contributed by atoms with Crippen molar-refractivity contribution in [1.82, 2.24) is 25.0 Å². The minimum atomic E-state index is 0.455. The fourth-order valence-electron chi connectivity index (χ4n) is 3.75. The van der Waals surface area contributed by atoms with Gasteiger partial charge in [-0.15, -0.1) is 10.2 Å². The van der Waals surface area contributed by atoms with E-state index in [2.05, 4.69) is 25.0 Å². The van der Waals surface area contributed by atoms with Crippen LogP contribution >= 0.6 is 0 Å². The Morgan fingerprint density at radius 2 is 1.95 bits per heavy atom. The van der Waals surface area contributed by atoms with Gasteiger partial charge in [0.25, 0.3) is 0 Å². The van der Waals surface area contributed by atoms with E-state index in [-0.39, 0.29) is 0 Å². The van der Waals surface area contributed by atoms with Gasteiger partial charge in [-0.2, -0.15) is 5.10 Å². The van der Waals surface area contributed by atoms with Gasteiger partial charge in [0.1, 0.15) is 11.5 Å². The molecular formula is C14H19N5. The van der Waals surface area contributed by atoms with Gasteiger partial charge in [-0.1, -0.05) is 25.7 Å². The number of hydrogen-bond acceptors (Lipinski definition) is 3. The molecule has 100 valence electrons. The molecule has 2 aromatic heterocycles. The van der Waals surface area contributed by atoms with E-state index >= 15 is 0 Å². The summed E-state index contributed by atoms with van der Waals surface area (Å²) >= 11 is 0. The van der Waals surface area contributed by atoms with Crippen molar-refractivity contribution < 1.29 is 0 Å². The summed E-state index contributed by atoms with van der Waals surface area (Å²) < 4.78 is 2.30. The van der Waals surface area contributed by atoms with Crippen molar-refractivity contribution in [2.45, 2.75) is 51.5 Å². The fourth-order valence-corrected chi connectivity index (χ4v) is 3.75. The Morgan fingerprint density at radius 3 is 2.68 bits per heavy atom. The van der Waals surface area contributed by atoms with E-state index in [0.717, 1.165) is 30.3 Å². The van der Waals surface area contributed by atoms with Crippen LogP contribution in [0.15, 0.2) is 12.3 Å². The van der Waals surface area contributed by atoms with Crippen molar-refractivity contribution in [3.05, 3.63) is 18.1 Å². The van der Waals surface area contributed by atoms with Crippen molar-refractivity contribution in [2.75, 3.05) is 0 Å². The van der Waals surface area contributed by atoms with Gasteiger partial charge >= 0.3 is 0 Å². The zero-order chi connectivity index (χ0) is 12.7. The lowest BCUT2D eigenvalue weighted by Crippen LogP contribution is -2.22. The van der Waals surface area contributed by atoms with Crippen molar-refractivity contribution in [1.29, 1.82) is 0 Å². The summed E-state index contributed by atoms with van der Waals surface area (Å²) in [7, 11) is 0. The molecule has 1 spiro atoms. The Balaban J connectivity index is 1.67. The normalized spacial score (nSPS) is 21.5. The molecule has 1 saturated carbocycles. The fraction of sp³-hybridized carbons (Fsp3) is 0.643. The number of nitrogens with zero attached hydrogens (tertiary/aromatic N) is 4. The maximum Gasteiger partial charge on any atom is 0.182 e. The van der Waals surface area contributed by atoms with Crippen molar-refractivity contribution >= 4 is 0 Å². The molecular weight excluding hydrogens is 238 g/mol. The molecule has 2 aromatic rings. The van der Waals surface area contributed by atoms with Crippen molar-refractivity contribution in [2.24, 2.45) is 5.41 Å². The second kappa shape index (κ2) is 4.18. The topological polar surface area (TPSA) is 59.4 Å². The number of aromatic nitrogens is 5. The molecule has 1 N–H and O–H groups in total. The van der Waals surface area contributed by atoms with E-state index in [9.17, 15) is 0 Å². The first kappa shape index (κ1) is 11.2. The Bertz CT molecular complexity index is 561. The number of rotatable bonds is 1. The third-order valence-electron chi connectivity index (χ3n) is 4.76. The van der Waals surface area contributed by atoms with Crippen LogP contribution in [0.3, 0.4) is 0 Å². The predicted octanol–water partition coefficient (Wildman–Crippen LogP) is 2.56. The van der Waals surface area contributed by atoms with E-state index in [4.69, 9.17) is 0 Å². The molecule has 19 heavy (non-hydrogen) atoms. The average Bonchev–Trinajstić information content (AvgIpc) is 3.04. The molecule has 1 aliphatic heterocycles. The third-order valence-corrected chi connectivity index (χ3v) is 4.76. The molecule has 0 bridgehead atoms. The Hall–Kier alpha value is -1.65. The third kappa shape index (κ3) is 1.79. The first-order valence-electron chi connectivity index (χ1n) is 7.28. The lowest BCUT2D eigenvalue weighted by atomic mass is 9.79. The van der Waals surface area contributed by atoms with Gasteiger partial charge in [-0.25, -0.2) is 0 Å². The number of aromatic amines is 1. The van der Waals surface area contributed by atoms with Crippen LogP contribution in [-0.4, -0.2) is 25.0 Å². The minimum Gasteiger partial charge on any atom is -0.309 e. The highest BCUT2D eigenvalue weighted by molar-refractivity contribution is 5.49. The standard InChI is InChI=1S/C14H19N5/c1-2-4-7-14(6-3-1)9-12-17-18-13(19(12)10-14)11-5-8-15-16-11/h5,8H,1-4,6-7,9-10H2,(H,15,16). The number of fused-ring (bicyclic) bond motifs is 1. The highest BCUT2D eigenvalue weighted by Crippen LogP contribution is 2.44. The highest BCUT2D eigenvalue weighted by atomic mass is 15.3. The molecule has 4 rings (SSSR count). The highest BCUT2D eigenvalue weighted by Gasteiger charge is 2.40. The molecule has 0 atom stereocenters. The molecule has 5 nitrogen and oxygen atoms in total. The second-order valence-corrected chi connectivity index (χ2v) is 6.09. The number of hydrogen-bond donors (Lipinski definition) is 1. The lowest BCUT2D eigenvalue weighted by Gasteiger charge is -2.26. The Morgan fingerprint density at radius 1 is 1.11 bits per heavy atom. The van der Waals surface area contributed by atoms with Gasteiger partial charge < -0.3 is 4.57 Å². The molecule has 3 heterocycles. The molecule has 0 aromatic carbocycles. The summed E-state index contributed by atoms with van der Waals surface area (Å²) in [5, 5.41) is 15.7. The second-order valence-electron chi connectivity index (χ2n) is 6.09. The number of H-pyrrole nitrogens is 1. The van der Waals surface area contributed by atoms with Crippen molar-refractivity contribution in [3.63, 3.8) is 0 Å². The Labute approximate surface area is 112 Å². The predicted molar refractivity (Wildman–Crippen MR) is 71.4 cm³/mol. The molecule has 1 fully saturated rings. The SMILES string of the molecule is c1cc(-c2nnc3n2CC2(CCCCCC2)C3)[nH]n1. The van der Waals surface area contributed by atoms with Gasteiger partial charge in [0.05, 0.1) is 0 Å². The van der Waals surface area contributed by atoms with E-state index in [1.54, 1.807) is 6.20 Å². The van der Waals surface area contributed by atoms with Crippen LogP contribution in [0.5, 0.6) is 0 Å². The van der Waals surface area contributed by atoms with E-state index in [0.29, 0.717) is 5.41 Å². The van der Waals surface area contributed by atoms with Crippen LogP contribution in [0.25, 0.3) is 11.5 Å². The summed E-state index contributed by atoms with van der Waals surface area (Å²) in [6.07, 6.45) is 11.1. The molecule has 0 amide bonds. The summed E-state index contributed by atoms with van der Waals surface area (Å²) in [5.41, 5.74) is 1.43. The van der Waals surface area contributed by atoms with Gasteiger partial charge in [0.15, 0.2) is 5.82 Å². The van der Waals surface area contributed by atoms with E-state index in [1.165, 1.54) is 38.5 Å². The molecule has 1 aliphatic carbocycles. The quantitative estimate of drug-likeness (QED) is 0.854. The minimum absolute atomic E-state index is 0.455. The smallest absolute Gasteiger partial charge is 0.182 e. The molecule has 0 saturated heterocycles. The van der Waals surface area contributed by atoms with Gasteiger partial charge in [-0.3, -0.25) is 5.10 Å².